The fourth-order valence-electron chi connectivity index (χ4n) is 1.94. The van der Waals surface area contributed by atoms with Gasteiger partial charge in [0, 0.05) is 5.69 Å². The first-order chi connectivity index (χ1) is 11.0. The summed E-state index contributed by atoms with van der Waals surface area (Å²) in [5, 5.41) is 14.5. The van der Waals surface area contributed by atoms with E-state index in [1.165, 1.54) is 6.21 Å². The van der Waals surface area contributed by atoms with Gasteiger partial charge in [0.2, 0.25) is 0 Å². The molecule has 0 fully saturated rings. The van der Waals surface area contributed by atoms with Crippen molar-refractivity contribution in [1.29, 1.82) is 0 Å². The molecule has 0 spiro atoms. The molecule has 0 saturated heterocycles. The molecular formula is C17H17ClN2O3. The number of hydrogen-bond donors (Lipinski definition) is 2. The largest absolute Gasteiger partial charge is 0.482 e. The van der Waals surface area contributed by atoms with Crippen LogP contribution in [0.25, 0.3) is 0 Å². The Kier molecular flexibility index (Phi) is 5.60. The average molecular weight is 333 g/mol. The van der Waals surface area contributed by atoms with Crippen molar-refractivity contribution in [3.8, 4) is 5.75 Å². The summed E-state index contributed by atoms with van der Waals surface area (Å²) in [6, 6.07) is 10.6. The first-order valence-electron chi connectivity index (χ1n) is 6.96. The van der Waals surface area contributed by atoms with Gasteiger partial charge in [0.05, 0.1) is 11.2 Å². The van der Waals surface area contributed by atoms with E-state index in [0.717, 1.165) is 16.8 Å². The lowest BCUT2D eigenvalue weighted by atomic mass is 10.1. The van der Waals surface area contributed by atoms with E-state index in [1.807, 2.05) is 32.0 Å². The second-order valence-electron chi connectivity index (χ2n) is 5.07. The van der Waals surface area contributed by atoms with Crippen molar-refractivity contribution < 1.29 is 14.7 Å². The maximum absolute atomic E-state index is 11.9. The molecule has 6 heteroatoms. The fourth-order valence-corrected chi connectivity index (χ4v) is 2.18. The quantitative estimate of drug-likeness (QED) is 0.497. The van der Waals surface area contributed by atoms with Gasteiger partial charge in [-0.15, -0.1) is 0 Å². The summed E-state index contributed by atoms with van der Waals surface area (Å²) < 4.78 is 5.41. The summed E-state index contributed by atoms with van der Waals surface area (Å²) in [7, 11) is 0. The maximum Gasteiger partial charge on any atom is 0.262 e. The molecule has 0 aliphatic carbocycles. The van der Waals surface area contributed by atoms with E-state index in [0.29, 0.717) is 16.3 Å². The van der Waals surface area contributed by atoms with Crippen LogP contribution in [0.15, 0.2) is 41.6 Å². The molecule has 120 valence electrons. The van der Waals surface area contributed by atoms with Gasteiger partial charge in [0.15, 0.2) is 6.61 Å². The zero-order chi connectivity index (χ0) is 16.8. The number of nitrogens with zero attached hydrogens (tertiary/aromatic N) is 1. The van der Waals surface area contributed by atoms with Crippen LogP contribution in [0.2, 0.25) is 5.02 Å². The predicted octanol–water partition coefficient (Wildman–Crippen LogP) is 3.78. The molecule has 0 aromatic heterocycles. The fraction of sp³-hybridized carbons (Fsp3) is 0.176. The van der Waals surface area contributed by atoms with Crippen molar-refractivity contribution in [3.05, 3.63) is 58.1 Å². The number of rotatable bonds is 5. The van der Waals surface area contributed by atoms with Crippen LogP contribution in [-0.4, -0.2) is 23.9 Å². The Morgan fingerprint density at radius 1 is 1.26 bits per heavy atom. The first-order valence-corrected chi connectivity index (χ1v) is 7.34. The van der Waals surface area contributed by atoms with Crippen LogP contribution in [0.5, 0.6) is 5.75 Å². The van der Waals surface area contributed by atoms with Crippen molar-refractivity contribution in [2.45, 2.75) is 13.8 Å². The summed E-state index contributed by atoms with van der Waals surface area (Å²) in [6.45, 7) is 3.84. The van der Waals surface area contributed by atoms with Crippen molar-refractivity contribution in [3.63, 3.8) is 0 Å². The van der Waals surface area contributed by atoms with Gasteiger partial charge in [-0.3, -0.25) is 4.79 Å². The molecule has 0 unspecified atom stereocenters. The Morgan fingerprint density at radius 2 is 2.04 bits per heavy atom. The predicted molar refractivity (Wildman–Crippen MR) is 90.9 cm³/mol. The molecule has 1 amide bonds. The Bertz CT molecular complexity index is 745. The number of aryl methyl sites for hydroxylation is 2. The topological polar surface area (TPSA) is 70.9 Å². The lowest BCUT2D eigenvalue weighted by Crippen LogP contribution is -2.20. The molecule has 0 bridgehead atoms. The third-order valence-electron chi connectivity index (χ3n) is 3.31. The number of benzene rings is 2. The Morgan fingerprint density at radius 3 is 2.70 bits per heavy atom. The van der Waals surface area contributed by atoms with Gasteiger partial charge in [0.1, 0.15) is 5.75 Å². The highest BCUT2D eigenvalue weighted by Crippen LogP contribution is 2.25. The number of ether oxygens (including phenoxy) is 1. The van der Waals surface area contributed by atoms with E-state index < -0.39 is 0 Å². The van der Waals surface area contributed by atoms with Crippen LogP contribution in [0.1, 0.15) is 16.7 Å². The van der Waals surface area contributed by atoms with Crippen LogP contribution in [0.3, 0.4) is 0 Å². The average Bonchev–Trinajstić information content (AvgIpc) is 2.50. The summed E-state index contributed by atoms with van der Waals surface area (Å²) in [4.78, 5) is 11.9. The highest BCUT2D eigenvalue weighted by Gasteiger charge is 2.07. The van der Waals surface area contributed by atoms with Gasteiger partial charge >= 0.3 is 0 Å². The third-order valence-corrected chi connectivity index (χ3v) is 3.61. The van der Waals surface area contributed by atoms with E-state index in [1.54, 1.807) is 18.2 Å². The number of carbonyl (C=O) groups is 1. The maximum atomic E-state index is 11.9. The minimum atomic E-state index is -0.273. The van der Waals surface area contributed by atoms with Crippen LogP contribution in [0.4, 0.5) is 5.69 Å². The molecule has 2 rings (SSSR count). The molecule has 2 N–H and O–H groups in total. The summed E-state index contributed by atoms with van der Waals surface area (Å²) >= 11 is 6.05. The lowest BCUT2D eigenvalue weighted by Gasteiger charge is -2.10. The van der Waals surface area contributed by atoms with Crippen molar-refractivity contribution in [1.82, 2.24) is 0 Å². The first kappa shape index (κ1) is 16.8. The second-order valence-corrected chi connectivity index (χ2v) is 5.48. The molecular weight excluding hydrogens is 316 g/mol. The zero-order valence-corrected chi connectivity index (χ0v) is 13.6. The molecule has 0 aliphatic rings. The van der Waals surface area contributed by atoms with Gasteiger partial charge < -0.3 is 15.3 Å². The molecule has 2 aromatic carbocycles. The van der Waals surface area contributed by atoms with Gasteiger partial charge in [0.25, 0.3) is 5.91 Å². The standard InChI is InChI=1S/C17H17ClN2O3/c1-11-3-5-14(7-12(11)2)20-17(21)10-23-16-6-4-13(9-19-22)8-15(16)18/h3-9,22H,10H2,1-2H3,(H,20,21)/b19-9+. The molecule has 0 radical (unpaired) electrons. The van der Waals surface area contributed by atoms with E-state index in [4.69, 9.17) is 21.5 Å². The number of amides is 1. The van der Waals surface area contributed by atoms with Gasteiger partial charge in [-0.05, 0) is 60.9 Å². The van der Waals surface area contributed by atoms with Crippen LogP contribution in [0, 0.1) is 13.8 Å². The molecule has 0 atom stereocenters. The molecule has 23 heavy (non-hydrogen) atoms. The highest BCUT2D eigenvalue weighted by molar-refractivity contribution is 6.32. The van der Waals surface area contributed by atoms with E-state index in [2.05, 4.69) is 10.5 Å². The second kappa shape index (κ2) is 7.65. The number of anilines is 1. The third kappa shape index (κ3) is 4.72. The number of halogens is 1. The zero-order valence-electron chi connectivity index (χ0n) is 12.8. The van der Waals surface area contributed by atoms with Crippen LogP contribution >= 0.6 is 11.6 Å². The van der Waals surface area contributed by atoms with Gasteiger partial charge in [-0.1, -0.05) is 22.8 Å². The highest BCUT2D eigenvalue weighted by atomic mass is 35.5. The van der Waals surface area contributed by atoms with Crippen molar-refractivity contribution >= 4 is 29.4 Å². The number of carbonyl (C=O) groups excluding carboxylic acids is 1. The Labute approximate surface area is 139 Å². The summed E-state index contributed by atoms with van der Waals surface area (Å²) in [6.07, 6.45) is 1.25. The molecule has 0 heterocycles. The van der Waals surface area contributed by atoms with Gasteiger partial charge in [-0.25, -0.2) is 0 Å². The number of hydrogen-bond acceptors (Lipinski definition) is 4. The minimum Gasteiger partial charge on any atom is -0.482 e. The minimum absolute atomic E-state index is 0.153. The van der Waals surface area contributed by atoms with Crippen LogP contribution in [-0.2, 0) is 4.79 Å². The number of oxime groups is 1. The van der Waals surface area contributed by atoms with E-state index in [-0.39, 0.29) is 12.5 Å². The smallest absolute Gasteiger partial charge is 0.262 e. The SMILES string of the molecule is Cc1ccc(NC(=O)COc2ccc(/C=N/O)cc2Cl)cc1C. The van der Waals surface area contributed by atoms with Crippen LogP contribution < -0.4 is 10.1 Å². The molecule has 0 aliphatic heterocycles. The van der Waals surface area contributed by atoms with E-state index >= 15 is 0 Å². The lowest BCUT2D eigenvalue weighted by molar-refractivity contribution is -0.118. The Balaban J connectivity index is 1.95. The van der Waals surface area contributed by atoms with Crippen molar-refractivity contribution in [2.24, 2.45) is 5.16 Å². The van der Waals surface area contributed by atoms with Gasteiger partial charge in [-0.2, -0.15) is 0 Å². The molecule has 0 saturated carbocycles. The van der Waals surface area contributed by atoms with Crippen molar-refractivity contribution in [2.75, 3.05) is 11.9 Å². The normalized spacial score (nSPS) is 10.7. The molecule has 5 nitrogen and oxygen atoms in total. The summed E-state index contributed by atoms with van der Waals surface area (Å²) in [5.74, 6) is 0.113. The molecule has 2 aromatic rings. The van der Waals surface area contributed by atoms with E-state index in [9.17, 15) is 4.79 Å². The monoisotopic (exact) mass is 332 g/mol. The Hall–Kier alpha value is -2.53. The summed E-state index contributed by atoms with van der Waals surface area (Å²) in [5.41, 5.74) is 3.62. The number of nitrogens with one attached hydrogen (secondary N) is 1.